The lowest BCUT2D eigenvalue weighted by Crippen LogP contribution is -2.79. The van der Waals surface area contributed by atoms with Crippen molar-refractivity contribution >= 4 is 33.5 Å². The van der Waals surface area contributed by atoms with Crippen LogP contribution in [0.15, 0.2) is 96.0 Å². The van der Waals surface area contributed by atoms with Crippen molar-refractivity contribution in [1.82, 2.24) is 4.98 Å². The second-order valence-electron chi connectivity index (χ2n) is 11.2. The minimum Gasteiger partial charge on any atom is -0.493 e. The van der Waals surface area contributed by atoms with Crippen molar-refractivity contribution in [2.75, 3.05) is 29.9 Å². The average molecular weight is 668 g/mol. The van der Waals surface area contributed by atoms with Crippen LogP contribution in [0.1, 0.15) is 29.5 Å². The number of amides is 2. The maximum absolute atomic E-state index is 15.8. The smallest absolute Gasteiger partial charge is 0.493 e. The van der Waals surface area contributed by atoms with Crippen molar-refractivity contribution < 1.29 is 36.1 Å². The molecule has 4 aromatic rings. The van der Waals surface area contributed by atoms with Crippen LogP contribution in [0.2, 0.25) is 0 Å². The van der Waals surface area contributed by atoms with E-state index in [2.05, 4.69) is 10.3 Å². The molecule has 12 nitrogen and oxygen atoms in total. The van der Waals surface area contributed by atoms with Crippen LogP contribution < -0.4 is 15.0 Å². The molecule has 0 aliphatic carbocycles. The van der Waals surface area contributed by atoms with Crippen LogP contribution in [0.5, 0.6) is 5.75 Å². The number of imide groups is 1. The Morgan fingerprint density at radius 3 is 2.48 bits per heavy atom. The van der Waals surface area contributed by atoms with Crippen LogP contribution in [-0.4, -0.2) is 60.1 Å². The van der Waals surface area contributed by atoms with Gasteiger partial charge in [0, 0.05) is 29.9 Å². The fourth-order valence-corrected chi connectivity index (χ4v) is 8.63. The van der Waals surface area contributed by atoms with E-state index in [4.69, 9.17) is 4.74 Å². The monoisotopic (exact) mass is 667 g/mol. The molecule has 2 N–H and O–H groups in total. The highest BCUT2D eigenvalue weighted by atomic mass is 32.2. The third kappa shape index (κ3) is 4.49. The summed E-state index contributed by atoms with van der Waals surface area (Å²) in [7, 11) is -5.46. The average Bonchev–Trinajstić information content (AvgIpc) is 3.53. The van der Waals surface area contributed by atoms with E-state index in [-0.39, 0.29) is 35.8 Å². The van der Waals surface area contributed by atoms with Gasteiger partial charge < -0.3 is 20.1 Å². The molecule has 1 saturated heterocycles. The van der Waals surface area contributed by atoms with E-state index >= 15 is 9.18 Å². The van der Waals surface area contributed by atoms with Crippen LogP contribution in [0.3, 0.4) is 0 Å². The largest absolute Gasteiger partial charge is 0.537 e. The van der Waals surface area contributed by atoms with Crippen molar-refractivity contribution in [1.29, 1.82) is 10.5 Å². The standard InChI is InChI=1S/C34H27FN6O6S/c1-2-47-29-13-7-4-10-25(29)34(26-20-38-28-12-6-3-9-24(26)28)32(42)41(33(43)44,48(45,46)30-14-8-5-11-27(30)35)21-23(18-37)40(34)31-16-15-22(17-36)19-39-31/h3-16,19,23,26,38H,2,20-21H2,1H3/p+1. The summed E-state index contributed by atoms with van der Waals surface area (Å²) < 4.78 is 48.3. The molecule has 3 aromatic carbocycles. The molecule has 48 heavy (non-hydrogen) atoms. The molecule has 4 atom stereocenters. The number of nitriles is 2. The number of hydrogen-bond donors (Lipinski definition) is 2. The highest BCUT2D eigenvalue weighted by Gasteiger charge is 2.75. The number of fused-ring (bicyclic) bond motifs is 1. The zero-order valence-electron chi connectivity index (χ0n) is 25.4. The first-order valence-electron chi connectivity index (χ1n) is 14.9. The van der Waals surface area contributed by atoms with Gasteiger partial charge in [0.05, 0.1) is 18.2 Å². The quantitative estimate of drug-likeness (QED) is 0.261. The molecule has 0 bridgehead atoms. The summed E-state index contributed by atoms with van der Waals surface area (Å²) in [6.45, 7) is 0.695. The van der Waals surface area contributed by atoms with Gasteiger partial charge in [0.15, 0.2) is 16.5 Å². The first kappa shape index (κ1) is 32.1. The number of sulfonamides is 1. The van der Waals surface area contributed by atoms with Gasteiger partial charge >= 0.3 is 22.0 Å². The third-order valence-electron chi connectivity index (χ3n) is 8.82. The van der Waals surface area contributed by atoms with Crippen LogP contribution in [0.4, 0.5) is 20.7 Å². The molecule has 6 rings (SSSR count). The maximum Gasteiger partial charge on any atom is 0.537 e. The molecular weight excluding hydrogens is 639 g/mol. The lowest BCUT2D eigenvalue weighted by Gasteiger charge is -2.54. The van der Waals surface area contributed by atoms with E-state index < -0.39 is 60.7 Å². The number of carbonyl (C=O) groups excluding carboxylic acids is 1. The number of piperazine rings is 1. The number of para-hydroxylation sites is 2. The van der Waals surface area contributed by atoms with Crippen LogP contribution in [-0.2, 0) is 20.4 Å². The Balaban J connectivity index is 1.81. The molecule has 2 amide bonds. The normalized spacial score (nSPS) is 23.3. The topological polar surface area (TPSA) is 173 Å². The Hall–Kier alpha value is -5.83. The second-order valence-corrected chi connectivity index (χ2v) is 13.2. The number of anilines is 2. The van der Waals surface area contributed by atoms with Gasteiger partial charge in [-0.3, -0.25) is 0 Å². The molecule has 0 spiro atoms. The number of carboxylic acid groups (broad SMARTS) is 1. The van der Waals surface area contributed by atoms with Crippen LogP contribution in [0.25, 0.3) is 0 Å². The van der Waals surface area contributed by atoms with E-state index in [1.165, 1.54) is 41.4 Å². The van der Waals surface area contributed by atoms with E-state index in [0.29, 0.717) is 11.3 Å². The summed E-state index contributed by atoms with van der Waals surface area (Å²) in [5, 5.41) is 34.5. The Morgan fingerprint density at radius 2 is 1.81 bits per heavy atom. The van der Waals surface area contributed by atoms with E-state index in [1.807, 2.05) is 12.1 Å². The van der Waals surface area contributed by atoms with Crippen molar-refractivity contribution in [3.63, 3.8) is 0 Å². The first-order chi connectivity index (χ1) is 23.1. The van der Waals surface area contributed by atoms with E-state index in [1.54, 1.807) is 49.4 Å². The van der Waals surface area contributed by atoms with Crippen LogP contribution in [0, 0.1) is 28.5 Å². The summed E-state index contributed by atoms with van der Waals surface area (Å²) in [4.78, 5) is 34.2. The molecule has 242 valence electrons. The number of ether oxygens (including phenoxy) is 1. The number of quaternary nitrogens is 1. The van der Waals surface area contributed by atoms with Crippen LogP contribution >= 0.6 is 0 Å². The van der Waals surface area contributed by atoms with E-state index in [9.17, 15) is 28.8 Å². The number of benzene rings is 3. The van der Waals surface area contributed by atoms with Gasteiger partial charge in [-0.2, -0.15) is 23.7 Å². The minimum absolute atomic E-state index is 0.00365. The van der Waals surface area contributed by atoms with Crippen molar-refractivity contribution in [2.24, 2.45) is 0 Å². The van der Waals surface area contributed by atoms with Gasteiger partial charge in [0.25, 0.3) is 0 Å². The zero-order chi connectivity index (χ0) is 34.3. The minimum atomic E-state index is -5.46. The molecule has 14 heteroatoms. The molecule has 1 fully saturated rings. The molecular formula is C34H28FN6O6S+. The number of pyridine rings is 1. The number of nitrogens with one attached hydrogen (secondary N) is 1. The predicted molar refractivity (Wildman–Crippen MR) is 170 cm³/mol. The summed E-state index contributed by atoms with van der Waals surface area (Å²) >= 11 is 0. The van der Waals surface area contributed by atoms with Gasteiger partial charge in [-0.25, -0.2) is 14.2 Å². The SMILES string of the molecule is CCOc1ccccc1C1(C2CNc3ccccc32)C(=O)[N+](C(=O)O)(S(=O)(=O)c2ccccc2F)CC(C#N)N1c1ccc(C#N)cn1. The van der Waals surface area contributed by atoms with Crippen molar-refractivity contribution in [3.8, 4) is 17.9 Å². The summed E-state index contributed by atoms with van der Waals surface area (Å²) in [6, 6.07) is 22.6. The van der Waals surface area contributed by atoms with Gasteiger partial charge in [-0.1, -0.05) is 48.5 Å². The Labute approximate surface area is 275 Å². The van der Waals surface area contributed by atoms with Gasteiger partial charge in [0.2, 0.25) is 0 Å². The maximum atomic E-state index is 15.8. The number of rotatable bonds is 7. The fourth-order valence-electron chi connectivity index (χ4n) is 6.83. The lowest BCUT2D eigenvalue weighted by atomic mass is 9.70. The molecule has 3 heterocycles. The molecule has 0 saturated carbocycles. The number of aromatic nitrogens is 1. The molecule has 0 radical (unpaired) electrons. The van der Waals surface area contributed by atoms with E-state index in [0.717, 1.165) is 12.1 Å². The highest BCUT2D eigenvalue weighted by Crippen LogP contribution is 2.56. The Bertz CT molecular complexity index is 2130. The molecule has 2 aliphatic rings. The predicted octanol–water partition coefficient (Wildman–Crippen LogP) is 4.72. The molecule has 2 aliphatic heterocycles. The number of carbonyl (C=O) groups is 2. The number of halogens is 1. The molecule has 1 aromatic heterocycles. The Morgan fingerprint density at radius 1 is 1.10 bits per heavy atom. The Kier molecular flexibility index (Phi) is 8.08. The zero-order valence-corrected chi connectivity index (χ0v) is 26.3. The fraction of sp³-hybridized carbons (Fsp3) is 0.206. The highest BCUT2D eigenvalue weighted by molar-refractivity contribution is 7.86. The van der Waals surface area contributed by atoms with Gasteiger partial charge in [-0.05, 0) is 52.8 Å². The summed E-state index contributed by atoms with van der Waals surface area (Å²) in [5.74, 6) is -3.57. The van der Waals surface area contributed by atoms with Gasteiger partial charge in [0.1, 0.15) is 30.0 Å². The first-order valence-corrected chi connectivity index (χ1v) is 16.3. The number of hydrogen-bond acceptors (Lipinski definition) is 10. The third-order valence-corrected chi connectivity index (χ3v) is 11.0. The lowest BCUT2D eigenvalue weighted by molar-refractivity contribution is -0.660. The van der Waals surface area contributed by atoms with Crippen molar-refractivity contribution in [2.45, 2.75) is 29.3 Å². The second kappa shape index (κ2) is 12.1. The molecule has 4 unspecified atom stereocenters. The van der Waals surface area contributed by atoms with Crippen molar-refractivity contribution in [3.05, 3.63) is 114 Å². The number of nitrogens with zero attached hydrogens (tertiary/aromatic N) is 5. The summed E-state index contributed by atoms with van der Waals surface area (Å²) in [5.41, 5.74) is -0.982. The van der Waals surface area contributed by atoms with Gasteiger partial charge in [-0.15, -0.1) is 0 Å². The summed E-state index contributed by atoms with van der Waals surface area (Å²) in [6.07, 6.45) is -0.883.